The van der Waals surface area contributed by atoms with Gasteiger partial charge in [-0.05, 0) is 48.3 Å². The number of thioether (sulfide) groups is 1. The summed E-state index contributed by atoms with van der Waals surface area (Å²) in [5.74, 6) is 0.695. The topological polar surface area (TPSA) is 0 Å². The summed E-state index contributed by atoms with van der Waals surface area (Å²) in [5, 5.41) is 0. The second kappa shape index (κ2) is 5.45. The molecule has 0 saturated heterocycles. The zero-order valence-electron chi connectivity index (χ0n) is 9.63. The maximum atomic E-state index is 2.34. The average molecular weight is 208 g/mol. The van der Waals surface area contributed by atoms with Gasteiger partial charge in [-0.15, -0.1) is 11.8 Å². The zero-order valence-corrected chi connectivity index (χ0v) is 10.4. The first-order chi connectivity index (χ1) is 6.72. The van der Waals surface area contributed by atoms with E-state index in [0.29, 0.717) is 5.92 Å². The summed E-state index contributed by atoms with van der Waals surface area (Å²) < 4.78 is 0. The summed E-state index contributed by atoms with van der Waals surface area (Å²) in [4.78, 5) is 1.38. The Hall–Kier alpha value is -0.430. The molecular weight excluding hydrogens is 188 g/mol. The second-order valence-electron chi connectivity index (χ2n) is 3.73. The average Bonchev–Trinajstić information content (AvgIpc) is 2.27. The van der Waals surface area contributed by atoms with E-state index >= 15 is 0 Å². The number of hydrogen-bond donors (Lipinski definition) is 0. The quantitative estimate of drug-likeness (QED) is 0.657. The Morgan fingerprint density at radius 2 is 2.00 bits per heavy atom. The first-order valence-electron chi connectivity index (χ1n) is 5.39. The fraction of sp³-hybridized carbons (Fsp3) is 0.538. The summed E-state index contributed by atoms with van der Waals surface area (Å²) in [6, 6.07) is 6.89. The summed E-state index contributed by atoms with van der Waals surface area (Å²) >= 11 is 1.83. The number of hydrogen-bond acceptors (Lipinski definition) is 1. The van der Waals surface area contributed by atoms with E-state index in [1.165, 1.54) is 22.4 Å². The molecule has 0 aromatic heterocycles. The van der Waals surface area contributed by atoms with Gasteiger partial charge in [0.15, 0.2) is 0 Å². The van der Waals surface area contributed by atoms with E-state index in [2.05, 4.69) is 45.2 Å². The lowest BCUT2D eigenvalue weighted by Gasteiger charge is -2.14. The van der Waals surface area contributed by atoms with Gasteiger partial charge in [-0.25, -0.2) is 0 Å². The molecular formula is C13H20S. The van der Waals surface area contributed by atoms with Crippen molar-refractivity contribution in [2.75, 3.05) is 6.26 Å². The van der Waals surface area contributed by atoms with Crippen LogP contribution in [0, 0.1) is 0 Å². The molecule has 0 nitrogen and oxygen atoms in total. The van der Waals surface area contributed by atoms with Gasteiger partial charge in [0.25, 0.3) is 0 Å². The van der Waals surface area contributed by atoms with E-state index in [0.717, 1.165) is 6.42 Å². The van der Waals surface area contributed by atoms with E-state index < -0.39 is 0 Å². The maximum absolute atomic E-state index is 2.34. The Balaban J connectivity index is 3.04. The van der Waals surface area contributed by atoms with E-state index in [1.54, 1.807) is 0 Å². The van der Waals surface area contributed by atoms with Crippen LogP contribution in [0.3, 0.4) is 0 Å². The molecule has 0 aliphatic heterocycles. The third-order valence-electron chi connectivity index (χ3n) is 2.87. The second-order valence-corrected chi connectivity index (χ2v) is 4.61. The Morgan fingerprint density at radius 1 is 1.29 bits per heavy atom. The van der Waals surface area contributed by atoms with E-state index in [9.17, 15) is 0 Å². The lowest BCUT2D eigenvalue weighted by molar-refractivity contribution is 0.722. The normalized spacial score (nSPS) is 12.9. The molecule has 1 rings (SSSR count). The van der Waals surface area contributed by atoms with Crippen LogP contribution in [0.5, 0.6) is 0 Å². The first-order valence-corrected chi connectivity index (χ1v) is 6.62. The molecule has 0 bridgehead atoms. The summed E-state index contributed by atoms with van der Waals surface area (Å²) in [6.07, 6.45) is 4.51. The van der Waals surface area contributed by atoms with Crippen LogP contribution in [0.15, 0.2) is 23.1 Å². The summed E-state index contributed by atoms with van der Waals surface area (Å²) in [5.41, 5.74) is 3.05. The molecule has 78 valence electrons. The van der Waals surface area contributed by atoms with E-state index in [1.807, 2.05) is 11.8 Å². The Bertz CT molecular complexity index is 291. The van der Waals surface area contributed by atoms with E-state index in [-0.39, 0.29) is 0 Å². The predicted octanol–water partition coefficient (Wildman–Crippen LogP) is 4.48. The van der Waals surface area contributed by atoms with Crippen molar-refractivity contribution in [3.63, 3.8) is 0 Å². The monoisotopic (exact) mass is 208 g/mol. The van der Waals surface area contributed by atoms with Crippen molar-refractivity contribution in [1.29, 1.82) is 0 Å². The van der Waals surface area contributed by atoms with Crippen LogP contribution in [0.1, 0.15) is 44.2 Å². The van der Waals surface area contributed by atoms with Gasteiger partial charge in [-0.2, -0.15) is 0 Å². The molecule has 0 fully saturated rings. The Morgan fingerprint density at radius 3 is 2.50 bits per heavy atom. The van der Waals surface area contributed by atoms with Crippen LogP contribution in [-0.4, -0.2) is 6.26 Å². The SMILES string of the molecule is CCc1cc(SC)ccc1C(C)CC. The minimum absolute atomic E-state index is 0.695. The molecule has 1 aromatic rings. The lowest BCUT2D eigenvalue weighted by Crippen LogP contribution is -1.97. The van der Waals surface area contributed by atoms with Gasteiger partial charge >= 0.3 is 0 Å². The van der Waals surface area contributed by atoms with Gasteiger partial charge in [0, 0.05) is 4.90 Å². The minimum Gasteiger partial charge on any atom is -0.130 e. The highest BCUT2D eigenvalue weighted by molar-refractivity contribution is 7.98. The zero-order chi connectivity index (χ0) is 10.6. The highest BCUT2D eigenvalue weighted by Gasteiger charge is 2.08. The fourth-order valence-corrected chi connectivity index (χ4v) is 2.18. The van der Waals surface area contributed by atoms with Crippen molar-refractivity contribution < 1.29 is 0 Å². The predicted molar refractivity (Wildman–Crippen MR) is 66.3 cm³/mol. The van der Waals surface area contributed by atoms with Crippen LogP contribution in [-0.2, 0) is 6.42 Å². The molecule has 0 spiro atoms. The van der Waals surface area contributed by atoms with Gasteiger partial charge in [0.2, 0.25) is 0 Å². The summed E-state index contributed by atoms with van der Waals surface area (Å²) in [7, 11) is 0. The van der Waals surface area contributed by atoms with Crippen LogP contribution >= 0.6 is 11.8 Å². The van der Waals surface area contributed by atoms with Crippen molar-refractivity contribution >= 4 is 11.8 Å². The third-order valence-corrected chi connectivity index (χ3v) is 3.60. The molecule has 0 aliphatic rings. The van der Waals surface area contributed by atoms with Gasteiger partial charge in [0.1, 0.15) is 0 Å². The Labute approximate surface area is 92.1 Å². The highest BCUT2D eigenvalue weighted by Crippen LogP contribution is 2.27. The van der Waals surface area contributed by atoms with Crippen molar-refractivity contribution in [1.82, 2.24) is 0 Å². The molecule has 1 unspecified atom stereocenters. The largest absolute Gasteiger partial charge is 0.130 e. The molecule has 14 heavy (non-hydrogen) atoms. The van der Waals surface area contributed by atoms with Crippen LogP contribution < -0.4 is 0 Å². The van der Waals surface area contributed by atoms with Gasteiger partial charge in [0.05, 0.1) is 0 Å². The molecule has 1 atom stereocenters. The molecule has 0 N–H and O–H groups in total. The first kappa shape index (κ1) is 11.6. The molecule has 0 radical (unpaired) electrons. The van der Waals surface area contributed by atoms with Gasteiger partial charge in [-0.3, -0.25) is 0 Å². The number of benzene rings is 1. The summed E-state index contributed by atoms with van der Waals surface area (Å²) in [6.45, 7) is 6.81. The van der Waals surface area contributed by atoms with Crippen LogP contribution in [0.2, 0.25) is 0 Å². The molecule has 0 aliphatic carbocycles. The molecule has 0 saturated carbocycles. The molecule has 0 amide bonds. The van der Waals surface area contributed by atoms with Gasteiger partial charge in [-0.1, -0.05) is 26.8 Å². The number of aryl methyl sites for hydroxylation is 1. The van der Waals surface area contributed by atoms with Crippen molar-refractivity contribution in [2.45, 2.75) is 44.4 Å². The third kappa shape index (κ3) is 2.54. The Kier molecular flexibility index (Phi) is 4.53. The smallest absolute Gasteiger partial charge is 0.00720 e. The lowest BCUT2D eigenvalue weighted by atomic mass is 9.93. The molecule has 0 heterocycles. The maximum Gasteiger partial charge on any atom is 0.00720 e. The fourth-order valence-electron chi connectivity index (χ4n) is 1.72. The van der Waals surface area contributed by atoms with Crippen molar-refractivity contribution in [2.24, 2.45) is 0 Å². The van der Waals surface area contributed by atoms with E-state index in [4.69, 9.17) is 0 Å². The van der Waals surface area contributed by atoms with Crippen LogP contribution in [0.4, 0.5) is 0 Å². The standard InChI is InChI=1S/C13H20S/c1-5-10(3)13-8-7-12(14-4)9-11(13)6-2/h7-10H,5-6H2,1-4H3. The van der Waals surface area contributed by atoms with Gasteiger partial charge < -0.3 is 0 Å². The van der Waals surface area contributed by atoms with Crippen LogP contribution in [0.25, 0.3) is 0 Å². The molecule has 1 aromatic carbocycles. The van der Waals surface area contributed by atoms with Crippen molar-refractivity contribution in [3.8, 4) is 0 Å². The molecule has 1 heteroatoms. The highest BCUT2D eigenvalue weighted by atomic mass is 32.2. The number of rotatable bonds is 4. The minimum atomic E-state index is 0.695. The van der Waals surface area contributed by atoms with Crippen molar-refractivity contribution in [3.05, 3.63) is 29.3 Å².